The Kier molecular flexibility index (Phi) is 21.9. The van der Waals surface area contributed by atoms with Gasteiger partial charge in [-0.1, -0.05) is 85.4 Å². The van der Waals surface area contributed by atoms with Gasteiger partial charge in [0.05, 0.1) is 37.6 Å². The first-order valence-corrected chi connectivity index (χ1v) is 24.7. The summed E-state index contributed by atoms with van der Waals surface area (Å²) in [5, 5.41) is 21.0. The molecular weight excluding hydrogens is 909 g/mol. The maximum absolute atomic E-state index is 14.2. The number of aromatic nitrogens is 2. The Hall–Kier alpha value is -4.57. The molecule has 0 aliphatic carbocycles. The van der Waals surface area contributed by atoms with E-state index in [1.54, 1.807) is 64.3 Å². The van der Waals surface area contributed by atoms with Gasteiger partial charge in [-0.25, -0.2) is 26.9 Å². The van der Waals surface area contributed by atoms with Gasteiger partial charge in [0.15, 0.2) is 0 Å². The van der Waals surface area contributed by atoms with Crippen molar-refractivity contribution < 1.29 is 46.3 Å². The lowest BCUT2D eigenvalue weighted by Crippen LogP contribution is -2.35. The van der Waals surface area contributed by atoms with Crippen LogP contribution in [0.4, 0.5) is 8.78 Å². The third-order valence-electron chi connectivity index (χ3n) is 10.8. The highest BCUT2D eigenvalue weighted by Gasteiger charge is 2.28. The number of nitrogens with one attached hydrogen (secondary N) is 1. The Morgan fingerprint density at radius 3 is 1.58 bits per heavy atom. The smallest absolute Gasteiger partial charge is 0.310 e. The number of rotatable bonds is 23. The second-order valence-corrected chi connectivity index (χ2v) is 19.4. The molecule has 0 amide bonds. The minimum atomic E-state index is -3.47. The number of esters is 2. The van der Waals surface area contributed by atoms with Crippen LogP contribution in [0.25, 0.3) is 22.3 Å². The van der Waals surface area contributed by atoms with Gasteiger partial charge in [0.25, 0.3) is 13.8 Å². The van der Waals surface area contributed by atoms with E-state index < -0.39 is 35.7 Å². The topological polar surface area (TPSA) is 157 Å². The highest BCUT2D eigenvalue weighted by Crippen LogP contribution is 2.31. The van der Waals surface area contributed by atoms with Gasteiger partial charge in [0.1, 0.15) is 11.6 Å². The van der Waals surface area contributed by atoms with Crippen molar-refractivity contribution in [3.63, 3.8) is 0 Å². The molecular formula is C48H59B2Cl2F2N3O8S. The zero-order valence-corrected chi connectivity index (χ0v) is 40.3. The minimum absolute atomic E-state index is 0.0664. The third-order valence-corrected chi connectivity index (χ3v) is 12.0. The number of ether oxygens (including phenoxy) is 2. The standard InChI is InChI=1S/C25H29BClFN2O3.C23H30BClFNO5S/c1-3-33-25(31)21(16-30-11-10-29-17-30)13-19(15-26(2)32)12-18-4-6-20(7-5-18)23-14-22(27)8-9-24(23)28;1-4-32-23(28)19(15-27-33(3,30)31)12-17(14-24(2)29)11-16-5-7-18(8-6-16)21-13-20(25)9-10-22(21)26/h4-11,14,17,19,21,32H,3,12-13,15-16H2,1-2H3;5-10,13,17,19,27,29H,4,11-12,14-15H2,1-3H3/t19-,21+;17-,19+/m11/s1. The highest BCUT2D eigenvalue weighted by atomic mass is 35.5. The zero-order valence-electron chi connectivity index (χ0n) is 38.0. The normalized spacial score (nSPS) is 13.1. The highest BCUT2D eigenvalue weighted by molar-refractivity contribution is 7.88. The van der Waals surface area contributed by atoms with Crippen molar-refractivity contribution in [2.75, 3.05) is 26.0 Å². The predicted octanol–water partition coefficient (Wildman–Crippen LogP) is 9.42. The second kappa shape index (κ2) is 26.7. The number of hydrogen-bond acceptors (Lipinski definition) is 9. The molecule has 4 atom stereocenters. The third kappa shape index (κ3) is 18.6. The van der Waals surface area contributed by atoms with Crippen molar-refractivity contribution in [1.82, 2.24) is 14.3 Å². The molecule has 66 heavy (non-hydrogen) atoms. The Balaban J connectivity index is 0.000000289. The lowest BCUT2D eigenvalue weighted by Gasteiger charge is -2.23. The number of carbonyl (C=O) groups excluding carboxylic acids is 2. The average molecular weight is 969 g/mol. The van der Waals surface area contributed by atoms with Crippen LogP contribution >= 0.6 is 23.2 Å². The van der Waals surface area contributed by atoms with Gasteiger partial charge in [-0.05, 0) is 123 Å². The molecule has 0 spiro atoms. The van der Waals surface area contributed by atoms with Crippen LogP contribution < -0.4 is 4.72 Å². The zero-order chi connectivity index (χ0) is 48.4. The summed E-state index contributed by atoms with van der Waals surface area (Å²) in [6.07, 6.45) is 9.37. The van der Waals surface area contributed by atoms with E-state index in [1.807, 2.05) is 47.2 Å². The van der Waals surface area contributed by atoms with Crippen LogP contribution in [0, 0.1) is 35.3 Å². The molecule has 3 N–H and O–H groups in total. The molecule has 0 fully saturated rings. The summed E-state index contributed by atoms with van der Waals surface area (Å²) in [6, 6.07) is 23.9. The Morgan fingerprint density at radius 1 is 0.742 bits per heavy atom. The molecule has 0 bridgehead atoms. The second-order valence-electron chi connectivity index (χ2n) is 16.7. The molecule has 1 heterocycles. The number of halogens is 4. The van der Waals surface area contributed by atoms with Crippen molar-refractivity contribution in [3.8, 4) is 22.3 Å². The maximum atomic E-state index is 14.2. The SMILES string of the molecule is CCOC(=O)[C@@H](C[C@H](CB(C)O)Cc1ccc(-c2cc(Cl)ccc2F)cc1)Cn1ccnc1.CCOC(=O)[C@H](CNS(C)(=O)=O)C[C@H](CB(C)O)Cc1ccc(-c2cc(Cl)ccc2F)cc1. The molecule has 5 rings (SSSR count). The first-order valence-electron chi connectivity index (χ1n) is 22.0. The van der Waals surface area contributed by atoms with Crippen molar-refractivity contribution in [1.29, 1.82) is 0 Å². The van der Waals surface area contributed by atoms with Gasteiger partial charge in [0, 0.05) is 46.7 Å². The summed E-state index contributed by atoms with van der Waals surface area (Å²) < 4.78 is 66.1. The largest absolute Gasteiger partial charge is 0.466 e. The van der Waals surface area contributed by atoms with Gasteiger partial charge in [-0.2, -0.15) is 0 Å². The summed E-state index contributed by atoms with van der Waals surface area (Å²) in [5.41, 5.74) is 4.30. The molecule has 0 saturated heterocycles. The van der Waals surface area contributed by atoms with E-state index in [0.717, 1.165) is 22.9 Å². The maximum Gasteiger partial charge on any atom is 0.310 e. The quantitative estimate of drug-likeness (QED) is 0.0429. The molecule has 5 aromatic rings. The van der Waals surface area contributed by atoms with Crippen LogP contribution in [-0.4, -0.2) is 79.8 Å². The number of imidazole rings is 1. The van der Waals surface area contributed by atoms with E-state index in [2.05, 4.69) is 9.71 Å². The number of carbonyl (C=O) groups is 2. The van der Waals surface area contributed by atoms with Crippen LogP contribution in [-0.2, 0) is 48.5 Å². The van der Waals surface area contributed by atoms with Crippen LogP contribution in [0.15, 0.2) is 104 Å². The lowest BCUT2D eigenvalue weighted by molar-refractivity contribution is -0.149. The Labute approximate surface area is 398 Å². The fourth-order valence-electron chi connectivity index (χ4n) is 7.97. The molecule has 4 aromatic carbocycles. The van der Waals surface area contributed by atoms with E-state index in [-0.39, 0.29) is 48.5 Å². The van der Waals surface area contributed by atoms with Crippen molar-refractivity contribution in [3.05, 3.63) is 136 Å². The summed E-state index contributed by atoms with van der Waals surface area (Å²) >= 11 is 12.0. The van der Waals surface area contributed by atoms with Crippen LogP contribution in [0.3, 0.4) is 0 Å². The van der Waals surface area contributed by atoms with E-state index in [0.29, 0.717) is 78.2 Å². The van der Waals surface area contributed by atoms with Crippen molar-refractivity contribution in [2.45, 2.75) is 72.4 Å². The number of sulfonamides is 1. The average Bonchev–Trinajstić information content (AvgIpc) is 3.77. The van der Waals surface area contributed by atoms with Gasteiger partial charge >= 0.3 is 11.9 Å². The molecule has 0 unspecified atom stereocenters. The summed E-state index contributed by atoms with van der Waals surface area (Å²) in [6.45, 7) is 6.74. The van der Waals surface area contributed by atoms with Gasteiger partial charge < -0.3 is 24.1 Å². The number of hydrogen-bond donors (Lipinski definition) is 3. The predicted molar refractivity (Wildman–Crippen MR) is 260 cm³/mol. The van der Waals surface area contributed by atoms with E-state index in [9.17, 15) is 36.8 Å². The van der Waals surface area contributed by atoms with Crippen molar-refractivity contribution in [2.24, 2.45) is 23.7 Å². The van der Waals surface area contributed by atoms with E-state index >= 15 is 0 Å². The van der Waals surface area contributed by atoms with E-state index in [1.165, 1.54) is 24.3 Å². The minimum Gasteiger partial charge on any atom is -0.466 e. The van der Waals surface area contributed by atoms with Gasteiger partial charge in [-0.3, -0.25) is 9.59 Å². The monoisotopic (exact) mass is 967 g/mol. The van der Waals surface area contributed by atoms with Gasteiger partial charge in [-0.15, -0.1) is 0 Å². The molecule has 0 radical (unpaired) electrons. The molecule has 0 aliphatic rings. The Morgan fingerprint density at radius 2 is 1.18 bits per heavy atom. The molecule has 0 aliphatic heterocycles. The Bertz CT molecular complexity index is 2400. The van der Waals surface area contributed by atoms with Crippen LogP contribution in [0.1, 0.15) is 37.8 Å². The number of benzene rings is 4. The molecule has 354 valence electrons. The summed E-state index contributed by atoms with van der Waals surface area (Å²) in [4.78, 5) is 29.1. The fraction of sp³-hybridized carbons (Fsp3) is 0.396. The first kappa shape index (κ1) is 54.0. The van der Waals surface area contributed by atoms with Crippen molar-refractivity contribution >= 4 is 59.0 Å². The molecule has 0 saturated carbocycles. The molecule has 18 heteroatoms. The lowest BCUT2D eigenvalue weighted by atomic mass is 9.62. The fourth-order valence-corrected chi connectivity index (χ4v) is 8.82. The van der Waals surface area contributed by atoms with Crippen LogP contribution in [0.2, 0.25) is 36.3 Å². The van der Waals surface area contributed by atoms with Crippen LogP contribution in [0.5, 0.6) is 0 Å². The summed E-state index contributed by atoms with van der Waals surface area (Å²) in [7, 11) is -3.47. The first-order chi connectivity index (χ1) is 31.3. The number of nitrogens with zero attached hydrogens (tertiary/aromatic N) is 2. The van der Waals surface area contributed by atoms with E-state index in [4.69, 9.17) is 32.7 Å². The molecule has 11 nitrogen and oxygen atoms in total. The molecule has 1 aromatic heterocycles. The van der Waals surface area contributed by atoms with Gasteiger partial charge in [0.2, 0.25) is 10.0 Å². The summed E-state index contributed by atoms with van der Waals surface area (Å²) in [5.74, 6) is -2.47.